The summed E-state index contributed by atoms with van der Waals surface area (Å²) >= 11 is 0. The largest absolute Gasteiger partial charge is 0.311 e. The normalized spacial score (nSPS) is 18.6. The molecular weight excluding hydrogens is 182 g/mol. The Morgan fingerprint density at radius 2 is 1.07 bits per heavy atom. The van der Waals surface area contributed by atoms with Crippen LogP contribution in [0.25, 0.3) is 0 Å². The third kappa shape index (κ3) is 5.01. The lowest BCUT2D eigenvalue weighted by atomic mass is 9.83. The van der Waals surface area contributed by atoms with Gasteiger partial charge in [0.1, 0.15) is 0 Å². The van der Waals surface area contributed by atoms with Crippen LogP contribution in [-0.4, -0.2) is 12.1 Å². The summed E-state index contributed by atoms with van der Waals surface area (Å²) in [6.45, 7) is 18.5. The molecule has 0 radical (unpaired) electrons. The van der Waals surface area contributed by atoms with Crippen molar-refractivity contribution in [3.8, 4) is 0 Å². The summed E-state index contributed by atoms with van der Waals surface area (Å²) in [5.74, 6) is 2.92. The van der Waals surface area contributed by atoms with Crippen molar-refractivity contribution in [2.45, 2.75) is 67.5 Å². The lowest BCUT2D eigenvalue weighted by Gasteiger charge is -2.35. The van der Waals surface area contributed by atoms with Crippen LogP contribution in [0.5, 0.6) is 0 Å². The molecule has 92 valence electrons. The first-order chi connectivity index (χ1) is 6.77. The van der Waals surface area contributed by atoms with Gasteiger partial charge in [0.15, 0.2) is 0 Å². The predicted octanol–water partition coefficient (Wildman–Crippen LogP) is 3.94. The van der Waals surface area contributed by atoms with E-state index in [1.807, 2.05) is 0 Å². The topological polar surface area (TPSA) is 12.0 Å². The van der Waals surface area contributed by atoms with E-state index in [1.165, 1.54) is 0 Å². The molecule has 0 aromatic rings. The van der Waals surface area contributed by atoms with E-state index in [0.29, 0.717) is 23.9 Å². The summed E-state index contributed by atoms with van der Waals surface area (Å²) in [6, 6.07) is 1.25. The molecule has 0 heterocycles. The second-order valence-corrected chi connectivity index (χ2v) is 6.07. The highest BCUT2D eigenvalue weighted by atomic mass is 15.0. The summed E-state index contributed by atoms with van der Waals surface area (Å²) in [7, 11) is 0. The van der Waals surface area contributed by atoms with Crippen molar-refractivity contribution >= 4 is 0 Å². The lowest BCUT2D eigenvalue weighted by molar-refractivity contribution is 0.212. The van der Waals surface area contributed by atoms with Gasteiger partial charge in [-0.25, -0.2) is 0 Å². The van der Waals surface area contributed by atoms with Crippen LogP contribution in [0.2, 0.25) is 0 Å². The fourth-order valence-corrected chi connectivity index (χ4v) is 1.86. The lowest BCUT2D eigenvalue weighted by Crippen LogP contribution is -2.47. The maximum Gasteiger partial charge on any atom is 0.0121 e. The summed E-state index contributed by atoms with van der Waals surface area (Å²) in [6.07, 6.45) is 0. The molecular formula is C14H31N. The van der Waals surface area contributed by atoms with Crippen LogP contribution in [0.3, 0.4) is 0 Å². The molecule has 0 aliphatic carbocycles. The SMILES string of the molecule is CC(C)C(C)NC(C(C)C)C(C)C(C)C. The van der Waals surface area contributed by atoms with Crippen molar-refractivity contribution in [2.24, 2.45) is 23.7 Å². The molecule has 1 heteroatoms. The molecule has 15 heavy (non-hydrogen) atoms. The van der Waals surface area contributed by atoms with Crippen LogP contribution in [0.1, 0.15) is 55.4 Å². The number of hydrogen-bond acceptors (Lipinski definition) is 1. The van der Waals surface area contributed by atoms with Gasteiger partial charge in [-0.05, 0) is 30.6 Å². The molecule has 0 bridgehead atoms. The van der Waals surface area contributed by atoms with Gasteiger partial charge in [-0.15, -0.1) is 0 Å². The van der Waals surface area contributed by atoms with Gasteiger partial charge >= 0.3 is 0 Å². The summed E-state index contributed by atoms with van der Waals surface area (Å²) in [5.41, 5.74) is 0. The summed E-state index contributed by atoms with van der Waals surface area (Å²) in [5, 5.41) is 3.80. The zero-order chi connectivity index (χ0) is 12.2. The van der Waals surface area contributed by atoms with Gasteiger partial charge in [0.25, 0.3) is 0 Å². The Kier molecular flexibility index (Phi) is 6.51. The van der Waals surface area contributed by atoms with Crippen molar-refractivity contribution in [3.63, 3.8) is 0 Å². The summed E-state index contributed by atoms with van der Waals surface area (Å²) < 4.78 is 0. The number of hydrogen-bond donors (Lipinski definition) is 1. The minimum atomic E-state index is 0.610. The molecule has 0 spiro atoms. The molecule has 3 unspecified atom stereocenters. The Hall–Kier alpha value is -0.0400. The molecule has 0 aromatic carbocycles. The first-order valence-corrected chi connectivity index (χ1v) is 6.53. The Bertz CT molecular complexity index is 161. The van der Waals surface area contributed by atoms with Crippen molar-refractivity contribution < 1.29 is 0 Å². The number of nitrogens with one attached hydrogen (secondary N) is 1. The average Bonchev–Trinajstić information content (AvgIpc) is 2.11. The minimum absolute atomic E-state index is 0.610. The Morgan fingerprint density at radius 3 is 1.33 bits per heavy atom. The fraction of sp³-hybridized carbons (Fsp3) is 1.00. The molecule has 0 fully saturated rings. The van der Waals surface area contributed by atoms with Crippen molar-refractivity contribution in [3.05, 3.63) is 0 Å². The standard InChI is InChI=1S/C14H31N/c1-9(2)12(7)14(11(5)6)15-13(8)10(3)4/h9-15H,1-8H3. The smallest absolute Gasteiger partial charge is 0.0121 e. The third-order valence-corrected chi connectivity index (χ3v) is 3.79. The van der Waals surface area contributed by atoms with Gasteiger partial charge < -0.3 is 5.32 Å². The zero-order valence-electron chi connectivity index (χ0n) is 12.0. The van der Waals surface area contributed by atoms with E-state index in [4.69, 9.17) is 0 Å². The molecule has 1 nitrogen and oxygen atoms in total. The van der Waals surface area contributed by atoms with Crippen LogP contribution in [-0.2, 0) is 0 Å². The number of rotatable bonds is 6. The van der Waals surface area contributed by atoms with Gasteiger partial charge in [-0.2, -0.15) is 0 Å². The highest BCUT2D eigenvalue weighted by Crippen LogP contribution is 2.21. The van der Waals surface area contributed by atoms with Crippen LogP contribution in [0, 0.1) is 23.7 Å². The van der Waals surface area contributed by atoms with Crippen LogP contribution in [0.15, 0.2) is 0 Å². The minimum Gasteiger partial charge on any atom is -0.311 e. The Labute approximate surface area is 97.0 Å². The van der Waals surface area contributed by atoms with E-state index >= 15 is 0 Å². The van der Waals surface area contributed by atoms with Gasteiger partial charge in [0.05, 0.1) is 0 Å². The quantitative estimate of drug-likeness (QED) is 0.705. The monoisotopic (exact) mass is 213 g/mol. The van der Waals surface area contributed by atoms with Crippen molar-refractivity contribution in [1.82, 2.24) is 5.32 Å². The first-order valence-electron chi connectivity index (χ1n) is 6.53. The molecule has 0 saturated carbocycles. The molecule has 1 N–H and O–H groups in total. The highest BCUT2D eigenvalue weighted by Gasteiger charge is 2.25. The molecule has 0 aromatic heterocycles. The maximum atomic E-state index is 3.80. The molecule has 0 aliphatic heterocycles. The first kappa shape index (κ1) is 15.0. The second kappa shape index (κ2) is 6.52. The fourth-order valence-electron chi connectivity index (χ4n) is 1.86. The van der Waals surface area contributed by atoms with E-state index < -0.39 is 0 Å². The van der Waals surface area contributed by atoms with E-state index in [9.17, 15) is 0 Å². The van der Waals surface area contributed by atoms with Gasteiger partial charge in [-0.1, -0.05) is 48.5 Å². The third-order valence-electron chi connectivity index (χ3n) is 3.79. The molecule has 3 atom stereocenters. The average molecular weight is 213 g/mol. The molecule has 0 amide bonds. The maximum absolute atomic E-state index is 3.80. The zero-order valence-corrected chi connectivity index (χ0v) is 12.0. The van der Waals surface area contributed by atoms with E-state index in [1.54, 1.807) is 0 Å². The summed E-state index contributed by atoms with van der Waals surface area (Å²) in [4.78, 5) is 0. The predicted molar refractivity (Wildman–Crippen MR) is 70.1 cm³/mol. The van der Waals surface area contributed by atoms with Crippen LogP contribution >= 0.6 is 0 Å². The second-order valence-electron chi connectivity index (χ2n) is 6.07. The van der Waals surface area contributed by atoms with Crippen molar-refractivity contribution in [1.29, 1.82) is 0 Å². The Morgan fingerprint density at radius 1 is 0.600 bits per heavy atom. The van der Waals surface area contributed by atoms with E-state index in [-0.39, 0.29) is 0 Å². The Balaban J connectivity index is 4.41. The van der Waals surface area contributed by atoms with Gasteiger partial charge in [0.2, 0.25) is 0 Å². The van der Waals surface area contributed by atoms with Gasteiger partial charge in [-0.3, -0.25) is 0 Å². The van der Waals surface area contributed by atoms with E-state index in [2.05, 4.69) is 60.7 Å². The van der Waals surface area contributed by atoms with Crippen LogP contribution < -0.4 is 5.32 Å². The molecule has 0 saturated heterocycles. The van der Waals surface area contributed by atoms with Crippen LogP contribution in [0.4, 0.5) is 0 Å². The highest BCUT2D eigenvalue weighted by molar-refractivity contribution is 4.81. The molecule has 0 rings (SSSR count). The van der Waals surface area contributed by atoms with Crippen molar-refractivity contribution in [2.75, 3.05) is 0 Å². The van der Waals surface area contributed by atoms with Gasteiger partial charge in [0, 0.05) is 12.1 Å². The molecule has 0 aliphatic rings. The van der Waals surface area contributed by atoms with E-state index in [0.717, 1.165) is 11.8 Å².